The van der Waals surface area contributed by atoms with Crippen molar-refractivity contribution < 1.29 is 27.9 Å². The summed E-state index contributed by atoms with van der Waals surface area (Å²) in [5, 5.41) is 8.84. The maximum absolute atomic E-state index is 12.5. The van der Waals surface area contributed by atoms with Gasteiger partial charge in [-0.3, -0.25) is 9.59 Å². The summed E-state index contributed by atoms with van der Waals surface area (Å²) >= 11 is 0. The van der Waals surface area contributed by atoms with Gasteiger partial charge in [-0.15, -0.1) is 0 Å². The molecule has 1 amide bonds. The van der Waals surface area contributed by atoms with Gasteiger partial charge in [0.05, 0.1) is 5.56 Å². The average molecular weight is 331 g/mol. The Morgan fingerprint density at radius 1 is 1.13 bits per heavy atom. The Bertz CT molecular complexity index is 553. The molecule has 1 unspecified atom stereocenters. The lowest BCUT2D eigenvalue weighted by molar-refractivity contribution is -0.145. The standard InChI is InChI=1S/C16H20F3NO3/c1-10(2)20(9-15(22)23)14(21)8-11(3)12-4-6-13(7-5-12)16(17,18)19/h4-7,10-11H,8-9H2,1-3H3,(H,22,23). The molecule has 0 heterocycles. The molecular weight excluding hydrogens is 311 g/mol. The summed E-state index contributed by atoms with van der Waals surface area (Å²) < 4.78 is 37.6. The van der Waals surface area contributed by atoms with Crippen LogP contribution in [-0.4, -0.2) is 34.5 Å². The number of hydrogen-bond donors (Lipinski definition) is 1. The molecule has 7 heteroatoms. The first-order valence-corrected chi connectivity index (χ1v) is 7.20. The Morgan fingerprint density at radius 2 is 1.65 bits per heavy atom. The predicted octanol–water partition coefficient (Wildman–Crippen LogP) is 3.52. The summed E-state index contributed by atoms with van der Waals surface area (Å²) in [6.45, 7) is 4.75. The van der Waals surface area contributed by atoms with E-state index in [0.29, 0.717) is 5.56 Å². The molecule has 0 aliphatic heterocycles. The maximum Gasteiger partial charge on any atom is 0.416 e. The quantitative estimate of drug-likeness (QED) is 0.868. The van der Waals surface area contributed by atoms with E-state index >= 15 is 0 Å². The van der Waals surface area contributed by atoms with Gasteiger partial charge in [-0.1, -0.05) is 19.1 Å². The molecule has 1 N–H and O–H groups in total. The van der Waals surface area contributed by atoms with Crippen LogP contribution in [0, 0.1) is 0 Å². The molecule has 0 fully saturated rings. The fraction of sp³-hybridized carbons (Fsp3) is 0.500. The van der Waals surface area contributed by atoms with Crippen LogP contribution in [0.25, 0.3) is 0 Å². The number of alkyl halides is 3. The Labute approximate surface area is 132 Å². The van der Waals surface area contributed by atoms with Gasteiger partial charge < -0.3 is 10.0 Å². The van der Waals surface area contributed by atoms with Crippen LogP contribution in [0.15, 0.2) is 24.3 Å². The molecule has 0 aromatic heterocycles. The Kier molecular flexibility index (Phi) is 6.18. The second-order valence-corrected chi connectivity index (χ2v) is 5.73. The number of hydrogen-bond acceptors (Lipinski definition) is 2. The number of nitrogens with zero attached hydrogens (tertiary/aromatic N) is 1. The van der Waals surface area contributed by atoms with Crippen molar-refractivity contribution in [2.75, 3.05) is 6.54 Å². The van der Waals surface area contributed by atoms with E-state index in [1.807, 2.05) is 0 Å². The molecule has 1 atom stereocenters. The first-order chi connectivity index (χ1) is 10.5. The minimum atomic E-state index is -4.40. The van der Waals surface area contributed by atoms with Crippen molar-refractivity contribution in [1.82, 2.24) is 4.90 Å². The molecule has 1 aromatic rings. The smallest absolute Gasteiger partial charge is 0.416 e. The van der Waals surface area contributed by atoms with Gasteiger partial charge >= 0.3 is 12.1 Å². The van der Waals surface area contributed by atoms with Crippen LogP contribution in [0.3, 0.4) is 0 Å². The average Bonchev–Trinajstić information content (AvgIpc) is 2.43. The highest BCUT2D eigenvalue weighted by molar-refractivity contribution is 5.82. The predicted molar refractivity (Wildman–Crippen MR) is 79.0 cm³/mol. The van der Waals surface area contributed by atoms with Crippen molar-refractivity contribution in [1.29, 1.82) is 0 Å². The molecule has 1 rings (SSSR count). The van der Waals surface area contributed by atoms with Crippen LogP contribution < -0.4 is 0 Å². The van der Waals surface area contributed by atoms with Crippen LogP contribution in [0.5, 0.6) is 0 Å². The zero-order valence-corrected chi connectivity index (χ0v) is 13.2. The number of benzene rings is 1. The third-order valence-corrected chi connectivity index (χ3v) is 3.54. The van der Waals surface area contributed by atoms with Gasteiger partial charge in [0.2, 0.25) is 5.91 Å². The molecule has 0 spiro atoms. The van der Waals surface area contributed by atoms with Gasteiger partial charge in [0.15, 0.2) is 0 Å². The molecule has 0 saturated carbocycles. The van der Waals surface area contributed by atoms with Crippen molar-refractivity contribution in [3.63, 3.8) is 0 Å². The molecule has 0 radical (unpaired) electrons. The maximum atomic E-state index is 12.5. The summed E-state index contributed by atoms with van der Waals surface area (Å²) in [6.07, 6.45) is -4.36. The lowest BCUT2D eigenvalue weighted by Gasteiger charge is -2.26. The lowest BCUT2D eigenvalue weighted by atomic mass is 9.96. The van der Waals surface area contributed by atoms with E-state index in [1.165, 1.54) is 17.0 Å². The topological polar surface area (TPSA) is 57.6 Å². The van der Waals surface area contributed by atoms with E-state index in [-0.39, 0.29) is 24.3 Å². The third kappa shape index (κ3) is 5.58. The van der Waals surface area contributed by atoms with Gasteiger partial charge in [-0.05, 0) is 37.5 Å². The number of rotatable bonds is 6. The number of carboxylic acids is 1. The normalized spacial score (nSPS) is 13.0. The number of amides is 1. The van der Waals surface area contributed by atoms with Gasteiger partial charge in [-0.2, -0.15) is 13.2 Å². The van der Waals surface area contributed by atoms with E-state index in [4.69, 9.17) is 5.11 Å². The number of carbonyl (C=O) groups excluding carboxylic acids is 1. The summed E-state index contributed by atoms with van der Waals surface area (Å²) in [7, 11) is 0. The molecule has 1 aromatic carbocycles. The molecule has 0 bridgehead atoms. The van der Waals surface area contributed by atoms with Crippen molar-refractivity contribution in [3.8, 4) is 0 Å². The Balaban J connectivity index is 2.79. The molecule has 0 aliphatic carbocycles. The first-order valence-electron chi connectivity index (χ1n) is 7.20. The molecule has 128 valence electrons. The van der Waals surface area contributed by atoms with Crippen molar-refractivity contribution in [3.05, 3.63) is 35.4 Å². The van der Waals surface area contributed by atoms with Gasteiger partial charge in [0.25, 0.3) is 0 Å². The monoisotopic (exact) mass is 331 g/mol. The van der Waals surface area contributed by atoms with Crippen molar-refractivity contribution in [2.24, 2.45) is 0 Å². The Morgan fingerprint density at radius 3 is 2.04 bits per heavy atom. The zero-order chi connectivity index (χ0) is 17.8. The van der Waals surface area contributed by atoms with E-state index in [2.05, 4.69) is 0 Å². The zero-order valence-electron chi connectivity index (χ0n) is 13.2. The molecular formula is C16H20F3NO3. The fourth-order valence-electron chi connectivity index (χ4n) is 2.20. The lowest BCUT2D eigenvalue weighted by Crippen LogP contribution is -2.41. The minimum absolute atomic E-state index is 0.0385. The van der Waals surface area contributed by atoms with E-state index in [9.17, 15) is 22.8 Å². The van der Waals surface area contributed by atoms with Crippen LogP contribution in [0.4, 0.5) is 13.2 Å². The second-order valence-electron chi connectivity index (χ2n) is 5.73. The minimum Gasteiger partial charge on any atom is -0.480 e. The third-order valence-electron chi connectivity index (χ3n) is 3.54. The number of aliphatic carboxylic acids is 1. The van der Waals surface area contributed by atoms with Crippen LogP contribution in [0.1, 0.15) is 44.2 Å². The number of carboxylic acid groups (broad SMARTS) is 1. The summed E-state index contributed by atoms with van der Waals surface area (Å²) in [5.74, 6) is -1.75. The SMILES string of the molecule is CC(CC(=O)N(CC(=O)O)C(C)C)c1ccc(C(F)(F)F)cc1. The van der Waals surface area contributed by atoms with Crippen molar-refractivity contribution in [2.45, 2.75) is 45.3 Å². The van der Waals surface area contributed by atoms with Crippen LogP contribution in [0.2, 0.25) is 0 Å². The van der Waals surface area contributed by atoms with E-state index in [0.717, 1.165) is 12.1 Å². The van der Waals surface area contributed by atoms with E-state index in [1.54, 1.807) is 20.8 Å². The van der Waals surface area contributed by atoms with Crippen molar-refractivity contribution >= 4 is 11.9 Å². The highest BCUT2D eigenvalue weighted by Crippen LogP contribution is 2.30. The summed E-state index contributed by atoms with van der Waals surface area (Å²) in [6, 6.07) is 4.38. The van der Waals surface area contributed by atoms with Gasteiger partial charge in [0.1, 0.15) is 6.54 Å². The fourth-order valence-corrected chi connectivity index (χ4v) is 2.20. The first kappa shape index (κ1) is 19.0. The van der Waals surface area contributed by atoms with Crippen LogP contribution in [-0.2, 0) is 15.8 Å². The number of halogens is 3. The van der Waals surface area contributed by atoms with Gasteiger partial charge in [0, 0.05) is 12.5 Å². The molecule has 0 aliphatic rings. The second kappa shape index (κ2) is 7.48. The molecule has 4 nitrogen and oxygen atoms in total. The number of carbonyl (C=O) groups is 2. The Hall–Kier alpha value is -2.05. The highest BCUT2D eigenvalue weighted by atomic mass is 19.4. The summed E-state index contributed by atoms with van der Waals surface area (Å²) in [5.41, 5.74) is -0.139. The van der Waals surface area contributed by atoms with Gasteiger partial charge in [-0.25, -0.2) is 0 Å². The van der Waals surface area contributed by atoms with Crippen LogP contribution >= 0.6 is 0 Å². The molecule has 23 heavy (non-hydrogen) atoms. The largest absolute Gasteiger partial charge is 0.480 e. The summed E-state index contributed by atoms with van der Waals surface area (Å²) in [4.78, 5) is 24.3. The highest BCUT2D eigenvalue weighted by Gasteiger charge is 2.30. The van der Waals surface area contributed by atoms with E-state index < -0.39 is 24.3 Å². The molecule has 0 saturated heterocycles.